The average Bonchev–Trinajstić information content (AvgIpc) is 2.19. The fourth-order valence-electron chi connectivity index (χ4n) is 1.11. The van der Waals surface area contributed by atoms with E-state index in [4.69, 9.17) is 4.74 Å². The first-order chi connectivity index (χ1) is 6.74. The first-order valence-electron chi connectivity index (χ1n) is 4.61. The molecule has 0 aliphatic heterocycles. The number of hydrogen-bond donors (Lipinski definition) is 0. The summed E-state index contributed by atoms with van der Waals surface area (Å²) in [7, 11) is 0. The van der Waals surface area contributed by atoms with E-state index >= 15 is 0 Å². The van der Waals surface area contributed by atoms with Crippen LogP contribution in [0.2, 0.25) is 0 Å². The van der Waals surface area contributed by atoms with E-state index in [1.807, 2.05) is 25.1 Å². The van der Waals surface area contributed by atoms with Gasteiger partial charge >= 0.3 is 5.97 Å². The zero-order chi connectivity index (χ0) is 10.4. The van der Waals surface area contributed by atoms with E-state index in [9.17, 15) is 4.79 Å². The molecule has 0 fully saturated rings. The zero-order valence-corrected chi connectivity index (χ0v) is 8.27. The Morgan fingerprint density at radius 1 is 1.50 bits per heavy atom. The summed E-state index contributed by atoms with van der Waals surface area (Å²) >= 11 is 0. The highest BCUT2D eigenvalue weighted by molar-refractivity contribution is 5.89. The Kier molecular flexibility index (Phi) is 3.92. The number of carbonyl (C=O) groups is 1. The lowest BCUT2D eigenvalue weighted by atomic mass is 10.2. The van der Waals surface area contributed by atoms with E-state index < -0.39 is 0 Å². The smallest absolute Gasteiger partial charge is 0.338 e. The molecule has 1 atom stereocenters. The maximum Gasteiger partial charge on any atom is 0.338 e. The molecule has 2 heteroatoms. The molecule has 14 heavy (non-hydrogen) atoms. The standard InChI is InChI=1S/C12H14O2/c1-3-7-10(2)14-12(13)11-8-5-4-6-9-11/h3-6,8-10H,1,7H2,2H3/t10-/m1/s1. The van der Waals surface area contributed by atoms with Gasteiger partial charge in [0.25, 0.3) is 0 Å². The van der Waals surface area contributed by atoms with Crippen molar-refractivity contribution in [2.75, 3.05) is 0 Å². The summed E-state index contributed by atoms with van der Waals surface area (Å²) in [4.78, 5) is 11.5. The molecule has 0 radical (unpaired) electrons. The van der Waals surface area contributed by atoms with Gasteiger partial charge < -0.3 is 4.74 Å². The Hall–Kier alpha value is -1.57. The maximum atomic E-state index is 11.5. The second-order valence-electron chi connectivity index (χ2n) is 3.11. The number of carbonyl (C=O) groups excluding carboxylic acids is 1. The lowest BCUT2D eigenvalue weighted by Crippen LogP contribution is -2.14. The van der Waals surface area contributed by atoms with Crippen molar-refractivity contribution in [2.45, 2.75) is 19.4 Å². The topological polar surface area (TPSA) is 26.3 Å². The Morgan fingerprint density at radius 2 is 2.14 bits per heavy atom. The van der Waals surface area contributed by atoms with E-state index in [2.05, 4.69) is 6.58 Å². The Morgan fingerprint density at radius 3 is 2.71 bits per heavy atom. The van der Waals surface area contributed by atoms with Crippen LogP contribution >= 0.6 is 0 Å². The molecular weight excluding hydrogens is 176 g/mol. The van der Waals surface area contributed by atoms with Crippen molar-refractivity contribution in [3.63, 3.8) is 0 Å². The van der Waals surface area contributed by atoms with Crippen LogP contribution in [0.1, 0.15) is 23.7 Å². The van der Waals surface area contributed by atoms with Crippen molar-refractivity contribution < 1.29 is 9.53 Å². The van der Waals surface area contributed by atoms with Gasteiger partial charge in [-0.2, -0.15) is 0 Å². The number of benzene rings is 1. The van der Waals surface area contributed by atoms with Gasteiger partial charge in [0, 0.05) is 6.42 Å². The molecule has 1 rings (SSSR count). The molecule has 0 saturated heterocycles. The van der Waals surface area contributed by atoms with Crippen LogP contribution in [-0.4, -0.2) is 12.1 Å². The van der Waals surface area contributed by atoms with Crippen LogP contribution in [0.5, 0.6) is 0 Å². The molecule has 1 aromatic carbocycles. The summed E-state index contributed by atoms with van der Waals surface area (Å²) in [6.07, 6.45) is 2.31. The van der Waals surface area contributed by atoms with Crippen molar-refractivity contribution in [1.29, 1.82) is 0 Å². The Labute approximate surface area is 84.2 Å². The van der Waals surface area contributed by atoms with E-state index in [1.54, 1.807) is 18.2 Å². The van der Waals surface area contributed by atoms with Crippen molar-refractivity contribution in [1.82, 2.24) is 0 Å². The summed E-state index contributed by atoms with van der Waals surface area (Å²) in [5.74, 6) is -0.278. The molecule has 0 aliphatic rings. The second kappa shape index (κ2) is 5.22. The Balaban J connectivity index is 2.55. The summed E-state index contributed by atoms with van der Waals surface area (Å²) in [6, 6.07) is 8.97. The van der Waals surface area contributed by atoms with Crippen molar-refractivity contribution in [2.24, 2.45) is 0 Å². The number of esters is 1. The highest BCUT2D eigenvalue weighted by Crippen LogP contribution is 2.05. The molecule has 0 unspecified atom stereocenters. The molecular formula is C12H14O2. The molecule has 1 aromatic rings. The van der Waals surface area contributed by atoms with Crippen LogP contribution in [0.15, 0.2) is 43.0 Å². The monoisotopic (exact) mass is 190 g/mol. The molecule has 0 bridgehead atoms. The van der Waals surface area contributed by atoms with Gasteiger partial charge in [0.2, 0.25) is 0 Å². The van der Waals surface area contributed by atoms with E-state index in [1.165, 1.54) is 0 Å². The quantitative estimate of drug-likeness (QED) is 0.539. The van der Waals surface area contributed by atoms with Gasteiger partial charge in [-0.1, -0.05) is 24.3 Å². The fourth-order valence-corrected chi connectivity index (χ4v) is 1.11. The van der Waals surface area contributed by atoms with Crippen LogP contribution in [0.25, 0.3) is 0 Å². The number of rotatable bonds is 4. The molecule has 0 amide bonds. The SMILES string of the molecule is C=CC[C@@H](C)OC(=O)c1ccccc1. The minimum atomic E-state index is -0.278. The minimum Gasteiger partial charge on any atom is -0.459 e. The normalized spacial score (nSPS) is 11.8. The van der Waals surface area contributed by atoms with E-state index in [0.29, 0.717) is 12.0 Å². The highest BCUT2D eigenvalue weighted by Gasteiger charge is 2.09. The minimum absolute atomic E-state index is 0.111. The summed E-state index contributed by atoms with van der Waals surface area (Å²) < 4.78 is 5.17. The Bertz CT molecular complexity index is 303. The lowest BCUT2D eigenvalue weighted by Gasteiger charge is -2.10. The highest BCUT2D eigenvalue weighted by atomic mass is 16.5. The largest absolute Gasteiger partial charge is 0.459 e. The van der Waals surface area contributed by atoms with E-state index in [0.717, 1.165) is 0 Å². The fraction of sp³-hybridized carbons (Fsp3) is 0.250. The van der Waals surface area contributed by atoms with Gasteiger partial charge in [0.05, 0.1) is 5.56 Å². The first-order valence-corrected chi connectivity index (χ1v) is 4.61. The summed E-state index contributed by atoms with van der Waals surface area (Å²) in [6.45, 7) is 5.44. The first kappa shape index (κ1) is 10.5. The third kappa shape index (κ3) is 3.05. The van der Waals surface area contributed by atoms with Gasteiger partial charge in [-0.05, 0) is 19.1 Å². The molecule has 74 valence electrons. The van der Waals surface area contributed by atoms with Gasteiger partial charge in [0.1, 0.15) is 6.10 Å². The van der Waals surface area contributed by atoms with Crippen LogP contribution in [0.3, 0.4) is 0 Å². The molecule has 0 aliphatic carbocycles. The van der Waals surface area contributed by atoms with Crippen LogP contribution < -0.4 is 0 Å². The molecule has 0 aromatic heterocycles. The van der Waals surface area contributed by atoms with Gasteiger partial charge in [-0.15, -0.1) is 6.58 Å². The average molecular weight is 190 g/mol. The van der Waals surface area contributed by atoms with E-state index in [-0.39, 0.29) is 12.1 Å². The predicted molar refractivity (Wildman–Crippen MR) is 56.1 cm³/mol. The molecule has 0 heterocycles. The third-order valence-corrected chi connectivity index (χ3v) is 1.82. The third-order valence-electron chi connectivity index (χ3n) is 1.82. The van der Waals surface area contributed by atoms with Crippen molar-refractivity contribution in [3.05, 3.63) is 48.6 Å². The lowest BCUT2D eigenvalue weighted by molar-refractivity contribution is 0.0348. The van der Waals surface area contributed by atoms with Crippen molar-refractivity contribution >= 4 is 5.97 Å². The van der Waals surface area contributed by atoms with Gasteiger partial charge in [-0.3, -0.25) is 0 Å². The molecule has 0 saturated carbocycles. The molecule has 2 nitrogen and oxygen atoms in total. The van der Waals surface area contributed by atoms with Gasteiger partial charge in [0.15, 0.2) is 0 Å². The molecule has 0 N–H and O–H groups in total. The summed E-state index contributed by atoms with van der Waals surface area (Å²) in [5, 5.41) is 0. The van der Waals surface area contributed by atoms with Crippen LogP contribution in [-0.2, 0) is 4.74 Å². The molecule has 0 spiro atoms. The summed E-state index contributed by atoms with van der Waals surface area (Å²) in [5.41, 5.74) is 0.586. The predicted octanol–water partition coefficient (Wildman–Crippen LogP) is 2.81. The zero-order valence-electron chi connectivity index (χ0n) is 8.27. The van der Waals surface area contributed by atoms with Crippen LogP contribution in [0.4, 0.5) is 0 Å². The van der Waals surface area contributed by atoms with Crippen molar-refractivity contribution in [3.8, 4) is 0 Å². The van der Waals surface area contributed by atoms with Crippen LogP contribution in [0, 0.1) is 0 Å². The number of hydrogen-bond acceptors (Lipinski definition) is 2. The maximum absolute atomic E-state index is 11.5. The second-order valence-corrected chi connectivity index (χ2v) is 3.11. The number of ether oxygens (including phenoxy) is 1. The van der Waals surface area contributed by atoms with Gasteiger partial charge in [-0.25, -0.2) is 4.79 Å².